The van der Waals surface area contributed by atoms with Crippen LogP contribution in [-0.4, -0.2) is 19.0 Å². The first-order chi connectivity index (χ1) is 10.7. The lowest BCUT2D eigenvalue weighted by atomic mass is 10.1. The molecule has 1 amide bonds. The molecule has 0 aromatic heterocycles. The zero-order chi connectivity index (χ0) is 15.5. The molecule has 0 saturated heterocycles. The van der Waals surface area contributed by atoms with Crippen molar-refractivity contribution in [2.24, 2.45) is 0 Å². The monoisotopic (exact) mass is 295 g/mol. The number of carbonyl (C=O) groups excluding carboxylic acids is 2. The first-order valence-corrected chi connectivity index (χ1v) is 7.25. The quantitative estimate of drug-likeness (QED) is 0.752. The zero-order valence-electron chi connectivity index (χ0n) is 12.4. The summed E-state index contributed by atoms with van der Waals surface area (Å²) >= 11 is 0. The van der Waals surface area contributed by atoms with Crippen molar-refractivity contribution in [2.75, 3.05) is 12.4 Å². The molecule has 22 heavy (non-hydrogen) atoms. The number of methoxy groups -OCH3 is 1. The topological polar surface area (TPSA) is 55.4 Å². The maximum atomic E-state index is 11.8. The van der Waals surface area contributed by atoms with Gasteiger partial charge in [-0.3, -0.25) is 9.59 Å². The summed E-state index contributed by atoms with van der Waals surface area (Å²) in [6.07, 6.45) is 1.11. The van der Waals surface area contributed by atoms with Crippen molar-refractivity contribution >= 4 is 17.6 Å². The van der Waals surface area contributed by atoms with Gasteiger partial charge in [0.1, 0.15) is 0 Å². The Bertz CT molecular complexity index is 737. The van der Waals surface area contributed by atoms with E-state index >= 15 is 0 Å². The molecule has 112 valence electrons. The molecule has 1 aliphatic rings. The molecule has 0 radical (unpaired) electrons. The highest BCUT2D eigenvalue weighted by molar-refractivity contribution is 5.93. The van der Waals surface area contributed by atoms with Crippen LogP contribution in [0.5, 0.6) is 0 Å². The number of nitrogens with one attached hydrogen (secondary N) is 1. The fourth-order valence-electron chi connectivity index (χ4n) is 2.76. The summed E-state index contributed by atoms with van der Waals surface area (Å²) in [7, 11) is 1.32. The molecule has 0 aliphatic heterocycles. The molecule has 0 saturated carbocycles. The van der Waals surface area contributed by atoms with Crippen LogP contribution in [0.15, 0.2) is 42.5 Å². The largest absolute Gasteiger partial charge is 0.469 e. The summed E-state index contributed by atoms with van der Waals surface area (Å²) in [5.74, 6) is -0.555. The minimum atomic E-state index is -0.375. The maximum Gasteiger partial charge on any atom is 0.306 e. The van der Waals surface area contributed by atoms with Gasteiger partial charge in [-0.05, 0) is 40.8 Å². The smallest absolute Gasteiger partial charge is 0.306 e. The van der Waals surface area contributed by atoms with Crippen LogP contribution in [0.3, 0.4) is 0 Å². The highest BCUT2D eigenvalue weighted by Gasteiger charge is 2.18. The van der Waals surface area contributed by atoms with Crippen LogP contribution in [0, 0.1) is 0 Å². The van der Waals surface area contributed by atoms with Gasteiger partial charge < -0.3 is 10.1 Å². The molecule has 0 fully saturated rings. The van der Waals surface area contributed by atoms with Gasteiger partial charge in [-0.15, -0.1) is 0 Å². The van der Waals surface area contributed by atoms with Crippen molar-refractivity contribution in [2.45, 2.75) is 19.3 Å². The highest BCUT2D eigenvalue weighted by atomic mass is 16.5. The third kappa shape index (κ3) is 2.86. The van der Waals surface area contributed by atoms with E-state index in [9.17, 15) is 9.59 Å². The van der Waals surface area contributed by atoms with Gasteiger partial charge in [0.05, 0.1) is 13.5 Å². The first-order valence-electron chi connectivity index (χ1n) is 7.25. The van der Waals surface area contributed by atoms with Gasteiger partial charge >= 0.3 is 5.97 Å². The summed E-state index contributed by atoms with van der Waals surface area (Å²) in [6.45, 7) is 0. The number of rotatable bonds is 4. The summed E-state index contributed by atoms with van der Waals surface area (Å²) in [5.41, 5.74) is 5.78. The molecule has 0 heterocycles. The summed E-state index contributed by atoms with van der Waals surface area (Å²) in [5, 5.41) is 2.83. The second-order valence-corrected chi connectivity index (χ2v) is 5.33. The molecule has 3 rings (SSSR count). The number of hydrogen-bond donors (Lipinski definition) is 1. The highest BCUT2D eigenvalue weighted by Crippen LogP contribution is 2.37. The van der Waals surface area contributed by atoms with Crippen LogP contribution in [0.1, 0.15) is 24.0 Å². The number of amides is 1. The lowest BCUT2D eigenvalue weighted by Gasteiger charge is -2.07. The number of anilines is 1. The van der Waals surface area contributed by atoms with Gasteiger partial charge in [-0.1, -0.05) is 30.3 Å². The number of benzene rings is 2. The second-order valence-electron chi connectivity index (χ2n) is 5.33. The molecule has 0 atom stereocenters. The van der Waals surface area contributed by atoms with Crippen molar-refractivity contribution in [3.63, 3.8) is 0 Å². The minimum Gasteiger partial charge on any atom is -0.469 e. The van der Waals surface area contributed by atoms with E-state index in [1.54, 1.807) is 0 Å². The summed E-state index contributed by atoms with van der Waals surface area (Å²) in [4.78, 5) is 22.9. The number of esters is 1. The Kier molecular flexibility index (Phi) is 3.92. The molecule has 2 aromatic carbocycles. The summed E-state index contributed by atoms with van der Waals surface area (Å²) < 4.78 is 4.53. The van der Waals surface area contributed by atoms with Gasteiger partial charge in [0.15, 0.2) is 0 Å². The second kappa shape index (κ2) is 6.02. The van der Waals surface area contributed by atoms with Gasteiger partial charge in [-0.25, -0.2) is 0 Å². The van der Waals surface area contributed by atoms with Gasteiger partial charge in [0.2, 0.25) is 5.91 Å². The molecule has 0 spiro atoms. The fraction of sp³-hybridized carbons (Fsp3) is 0.222. The molecule has 1 aliphatic carbocycles. The van der Waals surface area contributed by atoms with E-state index in [2.05, 4.69) is 22.2 Å². The first kappa shape index (κ1) is 14.3. The SMILES string of the molecule is COC(=O)CCC(=O)Nc1ccc2c(c1)Cc1ccccc1-2. The van der Waals surface area contributed by atoms with Crippen molar-refractivity contribution in [1.29, 1.82) is 0 Å². The normalized spacial score (nSPS) is 11.5. The third-order valence-corrected chi connectivity index (χ3v) is 3.86. The van der Waals surface area contributed by atoms with E-state index in [0.717, 1.165) is 12.1 Å². The van der Waals surface area contributed by atoms with E-state index in [0.29, 0.717) is 0 Å². The van der Waals surface area contributed by atoms with Crippen LogP contribution < -0.4 is 5.32 Å². The van der Waals surface area contributed by atoms with Crippen LogP contribution in [0.2, 0.25) is 0 Å². The van der Waals surface area contributed by atoms with Crippen LogP contribution in [0.25, 0.3) is 11.1 Å². The lowest BCUT2D eigenvalue weighted by molar-refractivity contribution is -0.141. The minimum absolute atomic E-state index is 0.0959. The van der Waals surface area contributed by atoms with Crippen LogP contribution >= 0.6 is 0 Å². The number of fused-ring (bicyclic) bond motifs is 3. The Balaban J connectivity index is 1.69. The van der Waals surface area contributed by atoms with Gasteiger partial charge in [0, 0.05) is 12.1 Å². The molecular formula is C18H17NO3. The lowest BCUT2D eigenvalue weighted by Crippen LogP contribution is -2.14. The standard InChI is InChI=1S/C18H17NO3/c1-22-18(21)9-8-17(20)19-14-6-7-16-13(11-14)10-12-4-2-3-5-15(12)16/h2-7,11H,8-10H2,1H3,(H,19,20). The van der Waals surface area contributed by atoms with E-state index < -0.39 is 0 Å². The molecule has 2 aromatic rings. The average Bonchev–Trinajstić information content (AvgIpc) is 2.90. The predicted octanol–water partition coefficient (Wildman–Crippen LogP) is 3.15. The van der Waals surface area contributed by atoms with Crippen LogP contribution in [-0.2, 0) is 20.7 Å². The average molecular weight is 295 g/mol. The number of hydrogen-bond acceptors (Lipinski definition) is 3. The molecule has 0 unspecified atom stereocenters. The molecular weight excluding hydrogens is 278 g/mol. The Morgan fingerprint density at radius 2 is 1.82 bits per heavy atom. The van der Waals surface area contributed by atoms with Gasteiger partial charge in [-0.2, -0.15) is 0 Å². The maximum absolute atomic E-state index is 11.8. The summed E-state index contributed by atoms with van der Waals surface area (Å²) in [6, 6.07) is 14.3. The number of ether oxygens (including phenoxy) is 1. The van der Waals surface area contributed by atoms with Crippen molar-refractivity contribution < 1.29 is 14.3 Å². The molecule has 0 bridgehead atoms. The van der Waals surface area contributed by atoms with Crippen molar-refractivity contribution in [1.82, 2.24) is 0 Å². The third-order valence-electron chi connectivity index (χ3n) is 3.86. The Morgan fingerprint density at radius 3 is 2.64 bits per heavy atom. The van der Waals surface area contributed by atoms with Crippen LogP contribution in [0.4, 0.5) is 5.69 Å². The van der Waals surface area contributed by atoms with Crippen molar-refractivity contribution in [3.8, 4) is 11.1 Å². The van der Waals surface area contributed by atoms with E-state index in [1.807, 2.05) is 30.3 Å². The Morgan fingerprint density at radius 1 is 1.05 bits per heavy atom. The van der Waals surface area contributed by atoms with Crippen molar-refractivity contribution in [3.05, 3.63) is 53.6 Å². The number of carbonyl (C=O) groups is 2. The molecule has 4 nitrogen and oxygen atoms in total. The molecule has 1 N–H and O–H groups in total. The van der Waals surface area contributed by atoms with E-state index in [1.165, 1.54) is 29.4 Å². The fourth-order valence-corrected chi connectivity index (χ4v) is 2.76. The van der Waals surface area contributed by atoms with E-state index in [4.69, 9.17) is 0 Å². The zero-order valence-corrected chi connectivity index (χ0v) is 12.4. The molecule has 4 heteroatoms. The van der Waals surface area contributed by atoms with Gasteiger partial charge in [0.25, 0.3) is 0 Å². The Labute approximate surface area is 129 Å². The predicted molar refractivity (Wildman–Crippen MR) is 84.6 cm³/mol. The Hall–Kier alpha value is -2.62. The van der Waals surface area contributed by atoms with E-state index in [-0.39, 0.29) is 24.7 Å².